The van der Waals surface area contributed by atoms with Crippen LogP contribution in [0.15, 0.2) is 36.0 Å². The number of pyridine rings is 1. The summed E-state index contributed by atoms with van der Waals surface area (Å²) in [5.41, 5.74) is 4.65. The van der Waals surface area contributed by atoms with Crippen LogP contribution in [-0.4, -0.2) is 10.7 Å². The summed E-state index contributed by atoms with van der Waals surface area (Å²) in [6, 6.07) is 2.19. The molecular formula is C15H18N2. The zero-order chi connectivity index (χ0) is 12.6. The van der Waals surface area contributed by atoms with Crippen LogP contribution in [0.5, 0.6) is 0 Å². The van der Waals surface area contributed by atoms with E-state index in [-0.39, 0.29) is 5.41 Å². The summed E-state index contributed by atoms with van der Waals surface area (Å²) in [5.74, 6) is 0.864. The molecule has 2 heteroatoms. The Balaban J connectivity index is 2.53. The Labute approximate surface area is 103 Å². The molecule has 88 valence electrons. The smallest absolute Gasteiger partial charge is 0.155 e. The summed E-state index contributed by atoms with van der Waals surface area (Å²) in [7, 11) is 0. The Morgan fingerprint density at radius 3 is 2.76 bits per heavy atom. The minimum absolute atomic E-state index is 0.00714. The lowest BCUT2D eigenvalue weighted by Gasteiger charge is -2.20. The lowest BCUT2D eigenvalue weighted by atomic mass is 9.82. The minimum atomic E-state index is -0.00714. The number of hydrogen-bond acceptors (Lipinski definition) is 2. The number of aromatic nitrogens is 1. The van der Waals surface area contributed by atoms with Crippen LogP contribution >= 0.6 is 0 Å². The van der Waals surface area contributed by atoms with Crippen molar-refractivity contribution in [3.8, 4) is 0 Å². The number of aliphatic imine (C=N–C) groups is 1. The van der Waals surface area contributed by atoms with Crippen LogP contribution < -0.4 is 0 Å². The van der Waals surface area contributed by atoms with Crippen LogP contribution in [0.4, 0.5) is 5.82 Å². The van der Waals surface area contributed by atoms with Gasteiger partial charge in [0.25, 0.3) is 0 Å². The fourth-order valence-electron chi connectivity index (χ4n) is 1.99. The van der Waals surface area contributed by atoms with Gasteiger partial charge in [0.15, 0.2) is 5.82 Å². The summed E-state index contributed by atoms with van der Waals surface area (Å²) in [4.78, 5) is 8.96. The summed E-state index contributed by atoms with van der Waals surface area (Å²) in [6.45, 7) is 12.2. The van der Waals surface area contributed by atoms with Gasteiger partial charge in [-0.15, -0.1) is 0 Å². The molecule has 0 aliphatic carbocycles. The van der Waals surface area contributed by atoms with Gasteiger partial charge in [-0.05, 0) is 31.1 Å². The molecule has 2 nitrogen and oxygen atoms in total. The fraction of sp³-hybridized carbons (Fsp3) is 0.333. The highest BCUT2D eigenvalue weighted by Crippen LogP contribution is 2.39. The van der Waals surface area contributed by atoms with Crippen molar-refractivity contribution >= 4 is 17.1 Å². The van der Waals surface area contributed by atoms with Gasteiger partial charge < -0.3 is 0 Å². The Hall–Kier alpha value is -1.70. The van der Waals surface area contributed by atoms with Gasteiger partial charge in [-0.3, -0.25) is 0 Å². The highest BCUT2D eigenvalue weighted by Gasteiger charge is 2.33. The van der Waals surface area contributed by atoms with E-state index in [1.807, 2.05) is 12.3 Å². The second-order valence-electron chi connectivity index (χ2n) is 5.00. The third-order valence-electron chi connectivity index (χ3n) is 3.54. The predicted octanol–water partition coefficient (Wildman–Crippen LogP) is 4.05. The van der Waals surface area contributed by atoms with Crippen LogP contribution in [0.1, 0.15) is 38.8 Å². The molecule has 0 aromatic carbocycles. The van der Waals surface area contributed by atoms with E-state index >= 15 is 0 Å². The molecule has 0 atom stereocenters. The number of hydrogen-bond donors (Lipinski definition) is 0. The van der Waals surface area contributed by atoms with Crippen LogP contribution in [-0.2, 0) is 5.41 Å². The van der Waals surface area contributed by atoms with E-state index in [1.54, 1.807) is 6.08 Å². The minimum Gasteiger partial charge on any atom is -0.237 e. The van der Waals surface area contributed by atoms with Gasteiger partial charge in [0.1, 0.15) is 0 Å². The summed E-state index contributed by atoms with van der Waals surface area (Å²) >= 11 is 0. The monoisotopic (exact) mass is 226 g/mol. The van der Waals surface area contributed by atoms with Crippen molar-refractivity contribution in [3.05, 3.63) is 42.1 Å². The molecule has 0 bridgehead atoms. The van der Waals surface area contributed by atoms with Gasteiger partial charge >= 0.3 is 0 Å². The maximum absolute atomic E-state index is 4.52. The van der Waals surface area contributed by atoms with E-state index < -0.39 is 0 Å². The Morgan fingerprint density at radius 2 is 2.12 bits per heavy atom. The van der Waals surface area contributed by atoms with E-state index in [2.05, 4.69) is 50.3 Å². The van der Waals surface area contributed by atoms with E-state index in [0.29, 0.717) is 0 Å². The molecule has 2 heterocycles. The van der Waals surface area contributed by atoms with Crippen LogP contribution in [0, 0.1) is 0 Å². The van der Waals surface area contributed by atoms with Gasteiger partial charge in [0.2, 0.25) is 0 Å². The first-order valence-corrected chi connectivity index (χ1v) is 5.83. The van der Waals surface area contributed by atoms with Crippen molar-refractivity contribution in [2.75, 3.05) is 0 Å². The molecule has 1 aliphatic heterocycles. The van der Waals surface area contributed by atoms with Crippen molar-refractivity contribution in [1.29, 1.82) is 0 Å². The molecular weight excluding hydrogens is 208 g/mol. The molecule has 1 aromatic heterocycles. The molecule has 0 fully saturated rings. The first-order valence-electron chi connectivity index (χ1n) is 5.83. The summed E-state index contributed by atoms with van der Waals surface area (Å²) in [6.07, 6.45) is 5.68. The Bertz CT molecular complexity index is 534. The molecule has 0 radical (unpaired) electrons. The fourth-order valence-corrected chi connectivity index (χ4v) is 1.99. The van der Waals surface area contributed by atoms with Crippen molar-refractivity contribution in [2.45, 2.75) is 33.1 Å². The van der Waals surface area contributed by atoms with Crippen molar-refractivity contribution in [3.63, 3.8) is 0 Å². The molecule has 1 aromatic rings. The van der Waals surface area contributed by atoms with Gasteiger partial charge in [0.05, 0.1) is 0 Å². The third-order valence-corrected chi connectivity index (χ3v) is 3.54. The molecule has 17 heavy (non-hydrogen) atoms. The number of nitrogens with zero attached hydrogens (tertiary/aromatic N) is 2. The van der Waals surface area contributed by atoms with E-state index in [4.69, 9.17) is 0 Å². The molecule has 0 spiro atoms. The maximum atomic E-state index is 4.52. The topological polar surface area (TPSA) is 25.2 Å². The average Bonchev–Trinajstić information content (AvgIpc) is 2.50. The van der Waals surface area contributed by atoms with Gasteiger partial charge in [0, 0.05) is 22.9 Å². The van der Waals surface area contributed by atoms with Crippen molar-refractivity contribution in [1.82, 2.24) is 4.98 Å². The Kier molecular flexibility index (Phi) is 2.74. The van der Waals surface area contributed by atoms with Crippen molar-refractivity contribution in [2.24, 2.45) is 4.99 Å². The molecule has 0 N–H and O–H groups in total. The standard InChI is InChI=1S/C15H18N2/c1-6-7-10(2)12-8-13-14(16-9-12)17-11(3)15(13,4)5/h6-9H,1H2,2-5H3/b10-7+. The Morgan fingerprint density at radius 1 is 1.41 bits per heavy atom. The molecule has 2 rings (SSSR count). The molecule has 0 amide bonds. The van der Waals surface area contributed by atoms with E-state index in [9.17, 15) is 0 Å². The van der Waals surface area contributed by atoms with E-state index in [0.717, 1.165) is 17.1 Å². The van der Waals surface area contributed by atoms with Gasteiger partial charge in [-0.25, -0.2) is 9.98 Å². The average molecular weight is 226 g/mol. The SMILES string of the molecule is C=C/C=C(\C)c1cnc2c(c1)C(C)(C)C(C)=N2. The summed E-state index contributed by atoms with van der Waals surface area (Å²) in [5, 5.41) is 0. The molecule has 1 aliphatic rings. The molecule has 0 saturated carbocycles. The third kappa shape index (κ3) is 1.84. The molecule has 0 saturated heterocycles. The highest BCUT2D eigenvalue weighted by atomic mass is 14.9. The van der Waals surface area contributed by atoms with Crippen LogP contribution in [0.3, 0.4) is 0 Å². The van der Waals surface area contributed by atoms with Gasteiger partial charge in [-0.2, -0.15) is 0 Å². The quantitative estimate of drug-likeness (QED) is 0.698. The van der Waals surface area contributed by atoms with Crippen LogP contribution in [0.2, 0.25) is 0 Å². The number of fused-ring (bicyclic) bond motifs is 1. The van der Waals surface area contributed by atoms with Gasteiger partial charge in [-0.1, -0.05) is 32.6 Å². The first-order chi connectivity index (χ1) is 7.96. The number of rotatable bonds is 2. The van der Waals surface area contributed by atoms with Crippen LogP contribution in [0.25, 0.3) is 5.57 Å². The lowest BCUT2D eigenvalue weighted by molar-refractivity contribution is 0.731. The first kappa shape index (κ1) is 11.8. The zero-order valence-corrected chi connectivity index (χ0v) is 10.9. The highest BCUT2D eigenvalue weighted by molar-refractivity contribution is 5.99. The normalized spacial score (nSPS) is 17.6. The number of allylic oxidation sites excluding steroid dienone is 3. The largest absolute Gasteiger partial charge is 0.237 e. The lowest BCUT2D eigenvalue weighted by Crippen LogP contribution is -2.22. The van der Waals surface area contributed by atoms with Crippen molar-refractivity contribution < 1.29 is 0 Å². The summed E-state index contributed by atoms with van der Waals surface area (Å²) < 4.78 is 0. The second kappa shape index (κ2) is 3.95. The molecule has 0 unspecified atom stereocenters. The zero-order valence-electron chi connectivity index (χ0n) is 10.9. The van der Waals surface area contributed by atoms with E-state index in [1.165, 1.54) is 11.1 Å². The second-order valence-corrected chi connectivity index (χ2v) is 5.00. The maximum Gasteiger partial charge on any atom is 0.155 e. The predicted molar refractivity (Wildman–Crippen MR) is 73.9 cm³/mol.